The van der Waals surface area contributed by atoms with E-state index in [0.29, 0.717) is 52.5 Å². The number of imidazole rings is 1. The first-order valence-electron chi connectivity index (χ1n) is 11.0. The maximum absolute atomic E-state index is 13.2. The molecule has 0 atom stereocenters. The predicted molar refractivity (Wildman–Crippen MR) is 124 cm³/mol. The molecule has 1 saturated carbocycles. The highest BCUT2D eigenvalue weighted by atomic mass is 32.2. The van der Waals surface area contributed by atoms with E-state index in [2.05, 4.69) is 14.4 Å². The molecular weight excluding hydrogens is 507 g/mol. The Balaban J connectivity index is 1.80. The van der Waals surface area contributed by atoms with Crippen molar-refractivity contribution in [1.82, 2.24) is 14.1 Å². The first-order valence-corrected chi connectivity index (χ1v) is 13.3. The van der Waals surface area contributed by atoms with Gasteiger partial charge in [0, 0.05) is 17.8 Å². The Kier molecular flexibility index (Phi) is 6.68. The first-order chi connectivity index (χ1) is 16.1. The zero-order chi connectivity index (χ0) is 25.8. The Morgan fingerprint density at radius 1 is 1.20 bits per heavy atom. The molecule has 1 aliphatic carbocycles. The number of sulfonamides is 1. The summed E-state index contributed by atoms with van der Waals surface area (Å²) in [6, 6.07) is 2.94. The largest absolute Gasteiger partial charge is 0.573 e. The second kappa shape index (κ2) is 9.04. The number of ether oxygens (including phenoxy) is 1. The van der Waals surface area contributed by atoms with Crippen LogP contribution in [-0.4, -0.2) is 46.5 Å². The Morgan fingerprint density at radius 2 is 1.86 bits per heavy atom. The van der Waals surface area contributed by atoms with Gasteiger partial charge >= 0.3 is 6.36 Å². The Morgan fingerprint density at radius 3 is 2.46 bits per heavy atom. The number of rotatable bonds is 6. The summed E-state index contributed by atoms with van der Waals surface area (Å²) >= 11 is 1.26. The van der Waals surface area contributed by atoms with Gasteiger partial charge in [0.25, 0.3) is 0 Å². The highest BCUT2D eigenvalue weighted by Crippen LogP contribution is 2.37. The molecule has 0 amide bonds. The number of aliphatic hydroxyl groups excluding tert-OH is 1. The maximum atomic E-state index is 13.2. The van der Waals surface area contributed by atoms with Crippen molar-refractivity contribution >= 4 is 26.3 Å². The van der Waals surface area contributed by atoms with E-state index in [0.717, 1.165) is 12.1 Å². The van der Waals surface area contributed by atoms with E-state index in [1.165, 1.54) is 17.4 Å². The lowest BCUT2D eigenvalue weighted by molar-refractivity contribution is -0.275. The molecule has 0 aliphatic heterocycles. The molecule has 1 aliphatic rings. The van der Waals surface area contributed by atoms with Crippen LogP contribution >= 0.6 is 11.3 Å². The van der Waals surface area contributed by atoms with Crippen LogP contribution in [0.15, 0.2) is 29.3 Å². The van der Waals surface area contributed by atoms with E-state index < -0.39 is 44.8 Å². The molecule has 1 aromatic carbocycles. The van der Waals surface area contributed by atoms with E-state index in [9.17, 15) is 31.8 Å². The number of fused-ring (bicyclic) bond motifs is 1. The summed E-state index contributed by atoms with van der Waals surface area (Å²) in [5.41, 5.74) is 0.222. The molecule has 0 saturated heterocycles. The molecule has 0 radical (unpaired) electrons. The Hall–Kier alpha value is -2.19. The number of aromatic nitrogens is 2. The SMILES string of the molecule is Cc1nc2sc(C(C)(C)O)cn2c1-c1ccc(OC(F)(F)F)c(S(=O)(=O)NC2CCC(O)CC2)c1. The lowest BCUT2D eigenvalue weighted by Crippen LogP contribution is -2.38. The number of nitrogens with zero attached hydrogens (tertiary/aromatic N) is 2. The van der Waals surface area contributed by atoms with Gasteiger partial charge in [0.05, 0.1) is 28.0 Å². The van der Waals surface area contributed by atoms with Crippen molar-refractivity contribution in [3.05, 3.63) is 35.0 Å². The lowest BCUT2D eigenvalue weighted by Gasteiger charge is -2.26. The van der Waals surface area contributed by atoms with Gasteiger partial charge in [-0.15, -0.1) is 13.2 Å². The highest BCUT2D eigenvalue weighted by molar-refractivity contribution is 7.89. The molecule has 2 aromatic heterocycles. The van der Waals surface area contributed by atoms with Crippen molar-refractivity contribution in [1.29, 1.82) is 0 Å². The van der Waals surface area contributed by atoms with Crippen LogP contribution in [0.5, 0.6) is 5.75 Å². The number of aryl methyl sites for hydroxylation is 1. The minimum absolute atomic E-state index is 0.323. The average molecular weight is 534 g/mol. The molecular formula is C22H26F3N3O5S2. The zero-order valence-corrected chi connectivity index (χ0v) is 20.9. The molecule has 0 bridgehead atoms. The highest BCUT2D eigenvalue weighted by Gasteiger charge is 2.35. The van der Waals surface area contributed by atoms with Crippen molar-refractivity contribution in [2.75, 3.05) is 0 Å². The Labute approximate surface area is 204 Å². The van der Waals surface area contributed by atoms with Gasteiger partial charge in [0.1, 0.15) is 10.6 Å². The second-order valence-corrected chi connectivity index (χ2v) is 11.9. The van der Waals surface area contributed by atoms with Crippen LogP contribution in [0.2, 0.25) is 0 Å². The number of nitrogens with one attached hydrogen (secondary N) is 1. The van der Waals surface area contributed by atoms with Crippen LogP contribution in [0.4, 0.5) is 13.2 Å². The van der Waals surface area contributed by atoms with Crippen LogP contribution in [0, 0.1) is 6.92 Å². The zero-order valence-electron chi connectivity index (χ0n) is 19.3. The number of aliphatic hydroxyl groups is 2. The topological polar surface area (TPSA) is 113 Å². The molecule has 8 nitrogen and oxygen atoms in total. The number of hydrogen-bond donors (Lipinski definition) is 3. The van der Waals surface area contributed by atoms with Gasteiger partial charge in [0.2, 0.25) is 10.0 Å². The minimum atomic E-state index is -5.09. The molecule has 2 heterocycles. The second-order valence-electron chi connectivity index (χ2n) is 9.19. The molecule has 0 unspecified atom stereocenters. The normalized spacial score (nSPS) is 19.9. The number of hydrogen-bond acceptors (Lipinski definition) is 7. The van der Waals surface area contributed by atoms with Crippen LogP contribution in [0.25, 0.3) is 16.2 Å². The summed E-state index contributed by atoms with van der Waals surface area (Å²) in [6.45, 7) is 4.95. The number of halogens is 3. The third kappa shape index (κ3) is 5.64. The average Bonchev–Trinajstić information content (AvgIpc) is 3.26. The van der Waals surface area contributed by atoms with Gasteiger partial charge in [0.15, 0.2) is 4.96 Å². The summed E-state index contributed by atoms with van der Waals surface area (Å²) in [6.07, 6.45) is -2.40. The molecule has 1 fully saturated rings. The lowest BCUT2D eigenvalue weighted by atomic mass is 9.94. The van der Waals surface area contributed by atoms with Crippen molar-refractivity contribution < 1.29 is 36.5 Å². The molecule has 3 aromatic rings. The van der Waals surface area contributed by atoms with Crippen molar-refractivity contribution in [2.24, 2.45) is 0 Å². The summed E-state index contributed by atoms with van der Waals surface area (Å²) < 4.78 is 73.8. The fourth-order valence-corrected chi connectivity index (χ4v) is 6.62. The van der Waals surface area contributed by atoms with Gasteiger partial charge in [-0.1, -0.05) is 11.3 Å². The van der Waals surface area contributed by atoms with Gasteiger partial charge in [-0.05, 0) is 64.7 Å². The van der Waals surface area contributed by atoms with Gasteiger partial charge < -0.3 is 14.9 Å². The summed E-state index contributed by atoms with van der Waals surface area (Å²) in [4.78, 5) is 4.99. The molecule has 3 N–H and O–H groups in total. The van der Waals surface area contributed by atoms with Crippen LogP contribution in [-0.2, 0) is 15.6 Å². The molecule has 192 valence electrons. The fraction of sp³-hybridized carbons (Fsp3) is 0.500. The van der Waals surface area contributed by atoms with Crippen LogP contribution in [0.3, 0.4) is 0 Å². The third-order valence-electron chi connectivity index (χ3n) is 5.85. The molecule has 35 heavy (non-hydrogen) atoms. The van der Waals surface area contributed by atoms with Crippen LogP contribution < -0.4 is 9.46 Å². The Bertz CT molecular complexity index is 1330. The van der Waals surface area contributed by atoms with Gasteiger partial charge in [-0.25, -0.2) is 18.1 Å². The van der Waals surface area contributed by atoms with E-state index in [-0.39, 0.29) is 0 Å². The molecule has 4 rings (SSSR count). The number of benzene rings is 1. The fourth-order valence-electron chi connectivity index (χ4n) is 4.14. The minimum Gasteiger partial charge on any atom is -0.404 e. The number of alkyl halides is 3. The number of thiazole rings is 1. The molecule has 0 spiro atoms. The van der Waals surface area contributed by atoms with Crippen molar-refractivity contribution in [2.45, 2.75) is 75.5 Å². The smallest absolute Gasteiger partial charge is 0.404 e. The van der Waals surface area contributed by atoms with Crippen LogP contribution in [0.1, 0.15) is 50.1 Å². The third-order valence-corrected chi connectivity index (χ3v) is 8.69. The maximum Gasteiger partial charge on any atom is 0.573 e. The molecule has 13 heteroatoms. The van der Waals surface area contributed by atoms with Crippen molar-refractivity contribution in [3.8, 4) is 17.0 Å². The summed E-state index contributed by atoms with van der Waals surface area (Å²) in [7, 11) is -4.40. The van der Waals surface area contributed by atoms with Gasteiger partial charge in [-0.3, -0.25) is 4.40 Å². The van der Waals surface area contributed by atoms with Crippen molar-refractivity contribution in [3.63, 3.8) is 0 Å². The summed E-state index contributed by atoms with van der Waals surface area (Å²) in [5.74, 6) is -0.842. The van der Waals surface area contributed by atoms with E-state index in [1.807, 2.05) is 0 Å². The first kappa shape index (κ1) is 25.9. The predicted octanol–water partition coefficient (Wildman–Crippen LogP) is 4.08. The van der Waals surface area contributed by atoms with E-state index in [1.54, 1.807) is 31.4 Å². The summed E-state index contributed by atoms with van der Waals surface area (Å²) in [5, 5.41) is 20.0. The van der Waals surface area contributed by atoms with E-state index in [4.69, 9.17) is 0 Å². The van der Waals surface area contributed by atoms with Gasteiger partial charge in [-0.2, -0.15) is 0 Å². The van der Waals surface area contributed by atoms with E-state index >= 15 is 0 Å². The monoisotopic (exact) mass is 533 g/mol. The standard InChI is InChI=1S/C22H26F3N3O5S2/c1-12-19(28-11-18(21(2,3)30)34-20(28)26-12)13-4-9-16(33-22(23,24)25)17(10-13)35(31,32)27-14-5-7-15(29)8-6-14/h4,9-11,14-15,27,29-30H,5-8H2,1-3H3. The quantitative estimate of drug-likeness (QED) is 0.440.